The number of ether oxygens (including phenoxy) is 1. The van der Waals surface area contributed by atoms with Gasteiger partial charge in [-0.2, -0.15) is 0 Å². The Bertz CT molecular complexity index is 308. The van der Waals surface area contributed by atoms with Gasteiger partial charge in [-0.15, -0.1) is 0 Å². The van der Waals surface area contributed by atoms with Gasteiger partial charge in [-0.25, -0.2) is 9.69 Å². The summed E-state index contributed by atoms with van der Waals surface area (Å²) in [5, 5.41) is 0. The summed E-state index contributed by atoms with van der Waals surface area (Å²) in [6.07, 6.45) is 1.69. The number of piperidine rings is 1. The molecule has 0 radical (unpaired) electrons. The van der Waals surface area contributed by atoms with Crippen molar-refractivity contribution in [3.05, 3.63) is 0 Å². The molecule has 0 spiro atoms. The fourth-order valence-electron chi connectivity index (χ4n) is 2.38. The largest absolute Gasteiger partial charge is 0.447 e. The van der Waals surface area contributed by atoms with Crippen molar-refractivity contribution in [3.63, 3.8) is 0 Å². The van der Waals surface area contributed by atoms with Crippen LogP contribution in [0.1, 0.15) is 12.8 Å². The third-order valence-corrected chi connectivity index (χ3v) is 3.36. The van der Waals surface area contributed by atoms with Crippen LogP contribution in [-0.4, -0.2) is 61.1 Å². The van der Waals surface area contributed by atoms with E-state index in [0.29, 0.717) is 32.2 Å². The Morgan fingerprint density at radius 1 is 1.47 bits per heavy atom. The summed E-state index contributed by atoms with van der Waals surface area (Å²) >= 11 is 0. The van der Waals surface area contributed by atoms with Crippen LogP contribution in [0.15, 0.2) is 0 Å². The molecule has 1 atom stereocenters. The molecule has 2 aliphatic rings. The summed E-state index contributed by atoms with van der Waals surface area (Å²) in [7, 11) is 0. The summed E-state index contributed by atoms with van der Waals surface area (Å²) in [4.78, 5) is 26.4. The number of carbonyl (C=O) groups is 2. The zero-order valence-electron chi connectivity index (χ0n) is 9.93. The first-order chi connectivity index (χ1) is 8.20. The lowest BCUT2D eigenvalue weighted by atomic mass is 9.98. The van der Waals surface area contributed by atoms with Gasteiger partial charge in [-0.3, -0.25) is 9.69 Å². The quantitative estimate of drug-likeness (QED) is 0.730. The number of amides is 2. The Morgan fingerprint density at radius 3 is 2.94 bits per heavy atom. The molecule has 2 amide bonds. The molecule has 6 heteroatoms. The second kappa shape index (κ2) is 5.46. The van der Waals surface area contributed by atoms with Gasteiger partial charge in [-0.05, 0) is 31.8 Å². The van der Waals surface area contributed by atoms with Gasteiger partial charge in [0.05, 0.1) is 13.1 Å². The van der Waals surface area contributed by atoms with E-state index in [9.17, 15) is 9.59 Å². The van der Waals surface area contributed by atoms with Crippen molar-refractivity contribution in [2.45, 2.75) is 12.8 Å². The first-order valence-corrected chi connectivity index (χ1v) is 6.10. The predicted octanol–water partition coefficient (Wildman–Crippen LogP) is -0.364. The van der Waals surface area contributed by atoms with Gasteiger partial charge >= 0.3 is 6.09 Å². The fraction of sp³-hybridized carbons (Fsp3) is 0.818. The number of nitrogens with two attached hydrogens (primary N) is 1. The van der Waals surface area contributed by atoms with Crippen molar-refractivity contribution in [2.75, 3.05) is 39.3 Å². The summed E-state index contributed by atoms with van der Waals surface area (Å²) in [6, 6.07) is 0. The zero-order chi connectivity index (χ0) is 12.3. The monoisotopic (exact) mass is 241 g/mol. The van der Waals surface area contributed by atoms with Crippen LogP contribution in [-0.2, 0) is 9.53 Å². The van der Waals surface area contributed by atoms with E-state index >= 15 is 0 Å². The molecule has 6 nitrogen and oxygen atoms in total. The maximum atomic E-state index is 11.9. The molecular formula is C11H19N3O3. The Kier molecular flexibility index (Phi) is 3.96. The molecule has 0 aliphatic carbocycles. The first-order valence-electron chi connectivity index (χ1n) is 6.10. The molecule has 2 fully saturated rings. The molecule has 2 aliphatic heterocycles. The van der Waals surface area contributed by atoms with E-state index in [-0.39, 0.29) is 5.91 Å². The Hall–Kier alpha value is -1.14. The standard InChI is InChI=1S/C11H19N3O3/c12-6-9-2-1-3-13(7-9)8-10(15)14-4-5-17-11(14)16/h9H,1-8,12H2. The van der Waals surface area contributed by atoms with Gasteiger partial charge in [-0.1, -0.05) is 0 Å². The number of hydrogen-bond acceptors (Lipinski definition) is 5. The van der Waals surface area contributed by atoms with Gasteiger partial charge in [0.15, 0.2) is 0 Å². The lowest BCUT2D eigenvalue weighted by Crippen LogP contribution is -2.45. The number of hydrogen-bond donors (Lipinski definition) is 1. The smallest absolute Gasteiger partial charge is 0.416 e. The van der Waals surface area contributed by atoms with E-state index in [1.165, 1.54) is 4.90 Å². The molecule has 2 N–H and O–H groups in total. The van der Waals surface area contributed by atoms with Crippen LogP contribution in [0.3, 0.4) is 0 Å². The molecule has 2 rings (SSSR count). The first kappa shape index (κ1) is 12.3. The second-order valence-corrected chi connectivity index (χ2v) is 4.64. The number of likely N-dealkylation sites (tertiary alicyclic amines) is 1. The molecule has 0 bridgehead atoms. The van der Waals surface area contributed by atoms with E-state index in [0.717, 1.165) is 25.9 Å². The van der Waals surface area contributed by atoms with Crippen molar-refractivity contribution in [2.24, 2.45) is 11.7 Å². The highest BCUT2D eigenvalue weighted by Gasteiger charge is 2.30. The molecule has 96 valence electrons. The van der Waals surface area contributed by atoms with E-state index in [1.54, 1.807) is 0 Å². The van der Waals surface area contributed by atoms with Crippen molar-refractivity contribution in [1.82, 2.24) is 9.80 Å². The number of imide groups is 1. The maximum Gasteiger partial charge on any atom is 0.416 e. The van der Waals surface area contributed by atoms with Crippen molar-refractivity contribution < 1.29 is 14.3 Å². The highest BCUT2D eigenvalue weighted by atomic mass is 16.6. The minimum absolute atomic E-state index is 0.162. The summed E-state index contributed by atoms with van der Waals surface area (Å²) in [6.45, 7) is 3.42. The molecule has 17 heavy (non-hydrogen) atoms. The van der Waals surface area contributed by atoms with Crippen LogP contribution in [0.5, 0.6) is 0 Å². The van der Waals surface area contributed by atoms with Crippen LogP contribution < -0.4 is 5.73 Å². The molecule has 2 heterocycles. The number of carbonyl (C=O) groups excluding carboxylic acids is 2. The van der Waals surface area contributed by atoms with Crippen molar-refractivity contribution >= 4 is 12.0 Å². The van der Waals surface area contributed by atoms with Gasteiger partial charge < -0.3 is 10.5 Å². The molecule has 2 saturated heterocycles. The second-order valence-electron chi connectivity index (χ2n) is 4.64. The van der Waals surface area contributed by atoms with Crippen molar-refractivity contribution in [1.29, 1.82) is 0 Å². The van der Waals surface area contributed by atoms with Gasteiger partial charge in [0.2, 0.25) is 5.91 Å². The molecule has 0 aromatic heterocycles. The topological polar surface area (TPSA) is 75.9 Å². The minimum Gasteiger partial charge on any atom is -0.447 e. The predicted molar refractivity (Wildman–Crippen MR) is 61.3 cm³/mol. The highest BCUT2D eigenvalue weighted by molar-refractivity contribution is 5.94. The van der Waals surface area contributed by atoms with E-state index in [1.807, 2.05) is 0 Å². The summed E-state index contributed by atoms with van der Waals surface area (Å²) in [5.74, 6) is 0.312. The normalized spacial score (nSPS) is 26.1. The van der Waals surface area contributed by atoms with Crippen LogP contribution in [0.2, 0.25) is 0 Å². The number of cyclic esters (lactones) is 1. The Labute approximate surface area is 101 Å². The van der Waals surface area contributed by atoms with Gasteiger partial charge in [0.25, 0.3) is 0 Å². The average molecular weight is 241 g/mol. The van der Waals surface area contributed by atoms with E-state index in [4.69, 9.17) is 10.5 Å². The molecule has 0 aromatic rings. The fourth-order valence-corrected chi connectivity index (χ4v) is 2.38. The third kappa shape index (κ3) is 2.95. The van der Waals surface area contributed by atoms with Gasteiger partial charge in [0.1, 0.15) is 6.61 Å². The summed E-state index contributed by atoms with van der Waals surface area (Å²) in [5.41, 5.74) is 5.64. The highest BCUT2D eigenvalue weighted by Crippen LogP contribution is 2.15. The lowest BCUT2D eigenvalue weighted by Gasteiger charge is -2.31. The van der Waals surface area contributed by atoms with Crippen molar-refractivity contribution in [3.8, 4) is 0 Å². The lowest BCUT2D eigenvalue weighted by molar-refractivity contribution is -0.129. The minimum atomic E-state index is -0.512. The maximum absolute atomic E-state index is 11.9. The molecule has 0 aromatic carbocycles. The zero-order valence-corrected chi connectivity index (χ0v) is 9.93. The van der Waals surface area contributed by atoms with E-state index in [2.05, 4.69) is 4.90 Å². The summed E-state index contributed by atoms with van der Waals surface area (Å²) < 4.78 is 4.75. The average Bonchev–Trinajstić information content (AvgIpc) is 2.76. The molecule has 0 saturated carbocycles. The number of nitrogens with zero attached hydrogens (tertiary/aromatic N) is 2. The number of rotatable bonds is 3. The van der Waals surface area contributed by atoms with Crippen LogP contribution in [0, 0.1) is 5.92 Å². The Balaban J connectivity index is 1.83. The van der Waals surface area contributed by atoms with Crippen LogP contribution in [0.25, 0.3) is 0 Å². The van der Waals surface area contributed by atoms with Gasteiger partial charge in [0, 0.05) is 6.54 Å². The molecule has 1 unspecified atom stereocenters. The molecular weight excluding hydrogens is 222 g/mol. The third-order valence-electron chi connectivity index (χ3n) is 3.36. The van der Waals surface area contributed by atoms with E-state index < -0.39 is 6.09 Å². The SMILES string of the molecule is NCC1CCCN(CC(=O)N2CCOC2=O)C1. The Morgan fingerprint density at radius 2 is 2.29 bits per heavy atom. The van der Waals surface area contributed by atoms with Crippen LogP contribution >= 0.6 is 0 Å². The van der Waals surface area contributed by atoms with Crippen LogP contribution in [0.4, 0.5) is 4.79 Å².